The molecule has 0 atom stereocenters. The Morgan fingerprint density at radius 2 is 2.22 bits per heavy atom. The number of amides is 1. The van der Waals surface area contributed by atoms with Crippen molar-refractivity contribution in [1.29, 1.82) is 0 Å². The monoisotopic (exact) mass is 321 g/mol. The lowest BCUT2D eigenvalue weighted by Gasteiger charge is -2.33. The van der Waals surface area contributed by atoms with Gasteiger partial charge in [0.2, 0.25) is 5.91 Å². The molecule has 0 aliphatic carbocycles. The van der Waals surface area contributed by atoms with Crippen molar-refractivity contribution in [3.8, 4) is 0 Å². The van der Waals surface area contributed by atoms with Crippen molar-refractivity contribution in [2.75, 3.05) is 40.3 Å². The van der Waals surface area contributed by atoms with Gasteiger partial charge in [-0.05, 0) is 19.3 Å². The fraction of sp³-hybridized carbons (Fsp3) is 0.733. The third-order valence-corrected chi connectivity index (χ3v) is 4.01. The first-order chi connectivity index (χ1) is 11.1. The van der Waals surface area contributed by atoms with Gasteiger partial charge in [-0.15, -0.1) is 0 Å². The highest BCUT2D eigenvalue weighted by Gasteiger charge is 2.24. The second kappa shape index (κ2) is 8.50. The number of likely N-dealkylation sites (tertiary alicyclic amines) is 1. The summed E-state index contributed by atoms with van der Waals surface area (Å²) in [6, 6.07) is 0. The van der Waals surface area contributed by atoms with Gasteiger partial charge >= 0.3 is 0 Å². The van der Waals surface area contributed by atoms with Crippen molar-refractivity contribution in [3.05, 3.63) is 12.2 Å². The van der Waals surface area contributed by atoms with Crippen molar-refractivity contribution >= 4 is 11.9 Å². The lowest BCUT2D eigenvalue weighted by Crippen LogP contribution is -2.46. The van der Waals surface area contributed by atoms with Gasteiger partial charge in [0.15, 0.2) is 5.96 Å². The van der Waals surface area contributed by atoms with Crippen LogP contribution in [0.1, 0.15) is 37.9 Å². The van der Waals surface area contributed by atoms with E-state index in [9.17, 15) is 4.79 Å². The number of aromatic nitrogens is 3. The number of likely N-dealkylation sites (N-methyl/N-ethyl adjacent to an activating group) is 1. The van der Waals surface area contributed by atoms with Gasteiger partial charge in [0.05, 0.1) is 0 Å². The average molecular weight is 321 g/mol. The third-order valence-electron chi connectivity index (χ3n) is 4.01. The lowest BCUT2D eigenvalue weighted by molar-refractivity contribution is -0.127. The zero-order valence-corrected chi connectivity index (χ0v) is 14.2. The maximum absolute atomic E-state index is 11.8. The summed E-state index contributed by atoms with van der Waals surface area (Å²) in [6.07, 6.45) is 4.59. The molecule has 1 aliphatic rings. The molecule has 0 radical (unpaired) electrons. The minimum absolute atomic E-state index is 0.0114. The van der Waals surface area contributed by atoms with Crippen LogP contribution in [0.15, 0.2) is 11.3 Å². The average Bonchev–Trinajstić information content (AvgIpc) is 3.09. The van der Waals surface area contributed by atoms with E-state index in [4.69, 9.17) is 0 Å². The van der Waals surface area contributed by atoms with Crippen molar-refractivity contribution in [1.82, 2.24) is 30.3 Å². The summed E-state index contributed by atoms with van der Waals surface area (Å²) < 4.78 is 0. The molecule has 0 spiro atoms. The van der Waals surface area contributed by atoms with Crippen molar-refractivity contribution in [2.24, 2.45) is 4.99 Å². The molecule has 1 fully saturated rings. The molecule has 8 nitrogen and oxygen atoms in total. The van der Waals surface area contributed by atoms with Crippen LogP contribution in [0, 0.1) is 0 Å². The van der Waals surface area contributed by atoms with Crippen LogP contribution in [-0.4, -0.2) is 77.1 Å². The number of carbonyl (C=O) groups excluding carboxylic acids is 1. The molecular weight excluding hydrogens is 294 g/mol. The van der Waals surface area contributed by atoms with Crippen LogP contribution in [-0.2, 0) is 4.79 Å². The first-order valence-electron chi connectivity index (χ1n) is 8.20. The highest BCUT2D eigenvalue weighted by molar-refractivity contribution is 5.84. The molecule has 8 heteroatoms. The molecule has 2 N–H and O–H groups in total. The van der Waals surface area contributed by atoms with Crippen LogP contribution >= 0.6 is 0 Å². The van der Waals surface area contributed by atoms with E-state index in [0.717, 1.165) is 50.7 Å². The van der Waals surface area contributed by atoms with E-state index >= 15 is 0 Å². The topological polar surface area (TPSA) is 89.5 Å². The lowest BCUT2D eigenvalue weighted by atomic mass is 9.96. The Morgan fingerprint density at radius 3 is 2.78 bits per heavy atom. The maximum atomic E-state index is 11.8. The van der Waals surface area contributed by atoms with Crippen LogP contribution in [0.2, 0.25) is 0 Å². The molecule has 1 aromatic heterocycles. The minimum Gasteiger partial charge on any atom is -0.356 e. The van der Waals surface area contributed by atoms with Crippen LogP contribution in [0.4, 0.5) is 0 Å². The van der Waals surface area contributed by atoms with Crippen molar-refractivity contribution in [3.63, 3.8) is 0 Å². The maximum Gasteiger partial charge on any atom is 0.243 e. The number of rotatable bonds is 5. The Labute approximate surface area is 137 Å². The molecule has 1 amide bonds. The summed E-state index contributed by atoms with van der Waals surface area (Å²) in [5, 5.41) is 10.2. The Hall–Kier alpha value is -2.12. The molecule has 0 bridgehead atoms. The van der Waals surface area contributed by atoms with Crippen molar-refractivity contribution < 1.29 is 4.79 Å². The SMILES string of the molecule is CCCNC(=NCC(=O)N(C)C)N1CCC(c2ncn[nH]2)CC1. The van der Waals surface area contributed by atoms with E-state index < -0.39 is 0 Å². The van der Waals surface area contributed by atoms with Crippen molar-refractivity contribution in [2.45, 2.75) is 32.1 Å². The quantitative estimate of drug-likeness (QED) is 0.606. The van der Waals surface area contributed by atoms with Gasteiger partial charge in [0, 0.05) is 39.6 Å². The summed E-state index contributed by atoms with van der Waals surface area (Å²) >= 11 is 0. The van der Waals surface area contributed by atoms with Crippen LogP contribution in [0.25, 0.3) is 0 Å². The number of piperidine rings is 1. The molecule has 1 saturated heterocycles. The molecule has 0 aromatic carbocycles. The number of aromatic amines is 1. The van der Waals surface area contributed by atoms with E-state index in [-0.39, 0.29) is 12.5 Å². The number of hydrogen-bond acceptors (Lipinski definition) is 4. The van der Waals surface area contributed by atoms with Gasteiger partial charge in [-0.2, -0.15) is 5.10 Å². The standard InChI is InChI=1S/C15H27N7O/c1-4-7-16-15(17-10-13(23)21(2)3)22-8-5-12(6-9-22)14-18-11-19-20-14/h11-12H,4-10H2,1-3H3,(H,16,17)(H,18,19,20). The predicted octanol–water partition coefficient (Wildman–Crippen LogP) is 0.428. The Bertz CT molecular complexity index is 504. The number of aliphatic imine (C=N–C) groups is 1. The number of carbonyl (C=O) groups is 1. The summed E-state index contributed by atoms with van der Waals surface area (Å²) in [5.41, 5.74) is 0. The van der Waals surface area contributed by atoms with Gasteiger partial charge in [0.1, 0.15) is 18.7 Å². The summed E-state index contributed by atoms with van der Waals surface area (Å²) in [6.45, 7) is 4.96. The van der Waals surface area contributed by atoms with E-state index in [2.05, 4.69) is 37.3 Å². The van der Waals surface area contributed by atoms with Gasteiger partial charge in [-0.25, -0.2) is 9.98 Å². The molecule has 1 aliphatic heterocycles. The summed E-state index contributed by atoms with van der Waals surface area (Å²) in [4.78, 5) is 24.3. The van der Waals surface area contributed by atoms with Gasteiger partial charge in [-0.3, -0.25) is 9.89 Å². The first kappa shape index (κ1) is 17.2. The van der Waals surface area contributed by atoms with Gasteiger partial charge < -0.3 is 15.1 Å². The molecule has 0 unspecified atom stereocenters. The van der Waals surface area contributed by atoms with Gasteiger partial charge in [-0.1, -0.05) is 6.92 Å². The Morgan fingerprint density at radius 1 is 1.48 bits per heavy atom. The highest BCUT2D eigenvalue weighted by atomic mass is 16.2. The molecule has 23 heavy (non-hydrogen) atoms. The zero-order valence-electron chi connectivity index (χ0n) is 14.2. The van der Waals surface area contributed by atoms with E-state index in [1.54, 1.807) is 25.3 Å². The summed E-state index contributed by atoms with van der Waals surface area (Å²) in [5.74, 6) is 2.23. The Balaban J connectivity index is 1.94. The largest absolute Gasteiger partial charge is 0.356 e. The molecular formula is C15H27N7O. The predicted molar refractivity (Wildman–Crippen MR) is 89.2 cm³/mol. The smallest absolute Gasteiger partial charge is 0.243 e. The number of guanidine groups is 1. The number of H-pyrrole nitrogens is 1. The van der Waals surface area contributed by atoms with Crippen LogP contribution in [0.3, 0.4) is 0 Å². The summed E-state index contributed by atoms with van der Waals surface area (Å²) in [7, 11) is 3.50. The molecule has 128 valence electrons. The fourth-order valence-electron chi connectivity index (χ4n) is 2.56. The second-order valence-corrected chi connectivity index (χ2v) is 5.99. The minimum atomic E-state index is 0.0114. The molecule has 0 saturated carbocycles. The molecule has 2 rings (SSSR count). The van der Waals surface area contributed by atoms with E-state index in [1.165, 1.54) is 0 Å². The number of nitrogens with zero attached hydrogens (tertiary/aromatic N) is 5. The number of nitrogens with one attached hydrogen (secondary N) is 2. The van der Waals surface area contributed by atoms with E-state index in [0.29, 0.717) is 5.92 Å². The fourth-order valence-corrected chi connectivity index (χ4v) is 2.56. The zero-order chi connectivity index (χ0) is 16.7. The second-order valence-electron chi connectivity index (χ2n) is 5.99. The normalized spacial score (nSPS) is 16.5. The molecule has 1 aromatic rings. The van der Waals surface area contributed by atoms with E-state index in [1.807, 2.05) is 0 Å². The van der Waals surface area contributed by atoms with Gasteiger partial charge in [0.25, 0.3) is 0 Å². The first-order valence-corrected chi connectivity index (χ1v) is 8.20. The van der Waals surface area contributed by atoms with Crippen LogP contribution in [0.5, 0.6) is 0 Å². The highest BCUT2D eigenvalue weighted by Crippen LogP contribution is 2.24. The third kappa shape index (κ3) is 4.94. The number of hydrogen-bond donors (Lipinski definition) is 2. The van der Waals surface area contributed by atoms with Crippen LogP contribution < -0.4 is 5.32 Å². The Kier molecular flexibility index (Phi) is 6.37. The molecule has 2 heterocycles.